The standard InChI is InChI=1S/C23H26N4O3/c1-16-5-3-13-25-21(16)26-23(30)19-6-4-14-27(15-19)20(28)12-9-17-7-10-18(11-8-17)22(29)24-2/h3,5,7-13,19H,4,6,14-15H2,1-2H3,(H,24,29)(H,25,26,30). The van der Waals surface area contributed by atoms with Gasteiger partial charge in [0, 0.05) is 38.0 Å². The zero-order valence-electron chi connectivity index (χ0n) is 17.2. The lowest BCUT2D eigenvalue weighted by atomic mass is 9.97. The third-order valence-corrected chi connectivity index (χ3v) is 5.17. The van der Waals surface area contributed by atoms with E-state index in [2.05, 4.69) is 15.6 Å². The molecule has 0 saturated carbocycles. The monoisotopic (exact) mass is 406 g/mol. The molecule has 3 rings (SSSR count). The molecular formula is C23H26N4O3. The van der Waals surface area contributed by atoms with Gasteiger partial charge in [0.25, 0.3) is 5.91 Å². The summed E-state index contributed by atoms with van der Waals surface area (Å²) in [4.78, 5) is 42.7. The molecule has 1 aliphatic heterocycles. The van der Waals surface area contributed by atoms with E-state index in [1.807, 2.05) is 19.1 Å². The van der Waals surface area contributed by atoms with Crippen molar-refractivity contribution in [2.24, 2.45) is 5.92 Å². The predicted octanol–water partition coefficient (Wildman–Crippen LogP) is 2.64. The number of pyridine rings is 1. The molecule has 7 nitrogen and oxygen atoms in total. The van der Waals surface area contributed by atoms with Crippen LogP contribution in [-0.4, -0.2) is 47.7 Å². The number of nitrogens with one attached hydrogen (secondary N) is 2. The smallest absolute Gasteiger partial charge is 0.251 e. The van der Waals surface area contributed by atoms with Gasteiger partial charge in [0.1, 0.15) is 5.82 Å². The van der Waals surface area contributed by atoms with Crippen molar-refractivity contribution in [3.8, 4) is 0 Å². The summed E-state index contributed by atoms with van der Waals surface area (Å²) in [7, 11) is 1.58. The van der Waals surface area contributed by atoms with E-state index >= 15 is 0 Å². The minimum atomic E-state index is -0.260. The van der Waals surface area contributed by atoms with Crippen molar-refractivity contribution in [2.45, 2.75) is 19.8 Å². The fourth-order valence-corrected chi connectivity index (χ4v) is 3.39. The largest absolute Gasteiger partial charge is 0.355 e. The summed E-state index contributed by atoms with van der Waals surface area (Å²) < 4.78 is 0. The van der Waals surface area contributed by atoms with Gasteiger partial charge < -0.3 is 15.5 Å². The van der Waals surface area contributed by atoms with Gasteiger partial charge in [-0.3, -0.25) is 14.4 Å². The van der Waals surface area contributed by atoms with Crippen LogP contribution in [0.5, 0.6) is 0 Å². The van der Waals surface area contributed by atoms with Gasteiger partial charge in [0.2, 0.25) is 11.8 Å². The number of amides is 3. The Labute approximate surface area is 176 Å². The van der Waals surface area contributed by atoms with Crippen LogP contribution in [0.4, 0.5) is 5.82 Å². The lowest BCUT2D eigenvalue weighted by Crippen LogP contribution is -2.43. The Kier molecular flexibility index (Phi) is 6.95. The Balaban J connectivity index is 1.58. The average Bonchev–Trinajstić information content (AvgIpc) is 2.78. The Morgan fingerprint density at radius 3 is 2.63 bits per heavy atom. The molecule has 0 bridgehead atoms. The maximum Gasteiger partial charge on any atom is 0.251 e. The van der Waals surface area contributed by atoms with Gasteiger partial charge in [-0.2, -0.15) is 0 Å². The number of piperidine rings is 1. The minimum absolute atomic E-state index is 0.108. The first-order valence-electron chi connectivity index (χ1n) is 9.99. The third kappa shape index (κ3) is 5.31. The lowest BCUT2D eigenvalue weighted by Gasteiger charge is -2.31. The number of nitrogens with zero attached hydrogens (tertiary/aromatic N) is 2. The van der Waals surface area contributed by atoms with Crippen molar-refractivity contribution in [3.63, 3.8) is 0 Å². The van der Waals surface area contributed by atoms with Crippen molar-refractivity contribution in [1.82, 2.24) is 15.2 Å². The molecule has 2 heterocycles. The number of likely N-dealkylation sites (tertiary alicyclic amines) is 1. The van der Waals surface area contributed by atoms with Gasteiger partial charge in [-0.25, -0.2) is 4.98 Å². The van der Waals surface area contributed by atoms with Gasteiger partial charge in [-0.1, -0.05) is 18.2 Å². The molecule has 1 aromatic carbocycles. The zero-order chi connectivity index (χ0) is 21.5. The lowest BCUT2D eigenvalue weighted by molar-refractivity contribution is -0.130. The molecule has 0 spiro atoms. The van der Waals surface area contributed by atoms with Crippen LogP contribution in [0.1, 0.15) is 34.3 Å². The summed E-state index contributed by atoms with van der Waals surface area (Å²) in [5, 5.41) is 5.45. The molecule has 2 aromatic rings. The van der Waals surface area contributed by atoms with Crippen LogP contribution >= 0.6 is 0 Å². The van der Waals surface area contributed by atoms with E-state index in [-0.39, 0.29) is 23.6 Å². The quantitative estimate of drug-likeness (QED) is 0.747. The maximum atomic E-state index is 12.6. The Morgan fingerprint density at radius 1 is 1.17 bits per heavy atom. The van der Waals surface area contributed by atoms with E-state index in [1.54, 1.807) is 48.5 Å². The van der Waals surface area contributed by atoms with Crippen LogP contribution in [0.15, 0.2) is 48.7 Å². The van der Waals surface area contributed by atoms with Crippen molar-refractivity contribution in [3.05, 3.63) is 65.4 Å². The third-order valence-electron chi connectivity index (χ3n) is 5.17. The van der Waals surface area contributed by atoms with Crippen molar-refractivity contribution >= 4 is 29.6 Å². The average molecular weight is 406 g/mol. The van der Waals surface area contributed by atoms with E-state index in [0.717, 1.165) is 24.0 Å². The van der Waals surface area contributed by atoms with Crippen LogP contribution in [-0.2, 0) is 9.59 Å². The number of carbonyl (C=O) groups is 3. The molecule has 30 heavy (non-hydrogen) atoms. The fraction of sp³-hybridized carbons (Fsp3) is 0.304. The van der Waals surface area contributed by atoms with Crippen molar-refractivity contribution in [1.29, 1.82) is 0 Å². The second-order valence-electron chi connectivity index (χ2n) is 7.32. The minimum Gasteiger partial charge on any atom is -0.355 e. The number of aryl methyl sites for hydroxylation is 1. The van der Waals surface area contributed by atoms with Gasteiger partial charge in [-0.05, 0) is 55.2 Å². The molecule has 1 atom stereocenters. The highest BCUT2D eigenvalue weighted by Crippen LogP contribution is 2.20. The second kappa shape index (κ2) is 9.82. The summed E-state index contributed by atoms with van der Waals surface area (Å²) >= 11 is 0. The number of carbonyl (C=O) groups excluding carboxylic acids is 3. The number of benzene rings is 1. The highest BCUT2D eigenvalue weighted by molar-refractivity contribution is 5.96. The number of hydrogen-bond acceptors (Lipinski definition) is 4. The van der Waals surface area contributed by atoms with Gasteiger partial charge in [-0.15, -0.1) is 0 Å². The summed E-state index contributed by atoms with van der Waals surface area (Å²) in [5.41, 5.74) is 2.29. The summed E-state index contributed by atoms with van der Waals surface area (Å²) in [5.74, 6) is -0.0875. The molecule has 156 valence electrons. The predicted molar refractivity (Wildman–Crippen MR) is 116 cm³/mol. The highest BCUT2D eigenvalue weighted by atomic mass is 16.2. The summed E-state index contributed by atoms with van der Waals surface area (Å²) in [6, 6.07) is 10.7. The zero-order valence-corrected chi connectivity index (χ0v) is 17.2. The highest BCUT2D eigenvalue weighted by Gasteiger charge is 2.28. The first-order chi connectivity index (χ1) is 14.5. The van der Waals surface area contributed by atoms with Gasteiger partial charge in [0.05, 0.1) is 5.92 Å². The Morgan fingerprint density at radius 2 is 1.93 bits per heavy atom. The van der Waals surface area contributed by atoms with E-state index in [4.69, 9.17) is 0 Å². The van der Waals surface area contributed by atoms with Crippen LogP contribution in [0.25, 0.3) is 6.08 Å². The first-order valence-corrected chi connectivity index (χ1v) is 9.99. The normalized spacial score (nSPS) is 16.3. The summed E-state index contributed by atoms with van der Waals surface area (Å²) in [6.07, 6.45) is 6.39. The molecule has 0 radical (unpaired) electrons. The maximum absolute atomic E-state index is 12.6. The molecule has 7 heteroatoms. The first kappa shape index (κ1) is 21.2. The Hall–Kier alpha value is -3.48. The molecule has 1 fully saturated rings. The fourth-order valence-electron chi connectivity index (χ4n) is 3.39. The topological polar surface area (TPSA) is 91.4 Å². The molecule has 3 amide bonds. The molecule has 1 aliphatic rings. The van der Waals surface area contributed by atoms with Crippen LogP contribution in [0, 0.1) is 12.8 Å². The van der Waals surface area contributed by atoms with E-state index in [1.165, 1.54) is 6.08 Å². The molecular weight excluding hydrogens is 380 g/mol. The molecule has 2 N–H and O–H groups in total. The SMILES string of the molecule is CNC(=O)c1ccc(C=CC(=O)N2CCCC(C(=O)Nc3ncccc3C)C2)cc1. The van der Waals surface area contributed by atoms with Gasteiger partial charge >= 0.3 is 0 Å². The van der Waals surface area contributed by atoms with E-state index < -0.39 is 0 Å². The molecule has 1 aromatic heterocycles. The van der Waals surface area contributed by atoms with E-state index in [9.17, 15) is 14.4 Å². The molecule has 1 saturated heterocycles. The van der Waals surface area contributed by atoms with Crippen LogP contribution < -0.4 is 10.6 Å². The second-order valence-corrected chi connectivity index (χ2v) is 7.32. The van der Waals surface area contributed by atoms with Crippen molar-refractivity contribution < 1.29 is 14.4 Å². The molecule has 1 unspecified atom stereocenters. The van der Waals surface area contributed by atoms with Crippen LogP contribution in [0.2, 0.25) is 0 Å². The molecule has 0 aliphatic carbocycles. The number of anilines is 1. The number of aromatic nitrogens is 1. The Bertz CT molecular complexity index is 953. The van der Waals surface area contributed by atoms with E-state index in [0.29, 0.717) is 24.5 Å². The van der Waals surface area contributed by atoms with Gasteiger partial charge in [0.15, 0.2) is 0 Å². The van der Waals surface area contributed by atoms with Crippen molar-refractivity contribution in [2.75, 3.05) is 25.5 Å². The number of rotatable bonds is 5. The number of hydrogen-bond donors (Lipinski definition) is 2. The van der Waals surface area contributed by atoms with Crippen LogP contribution in [0.3, 0.4) is 0 Å². The summed E-state index contributed by atoms with van der Waals surface area (Å²) in [6.45, 7) is 2.91.